The molecule has 5 nitrogen and oxygen atoms in total. The lowest BCUT2D eigenvalue weighted by atomic mass is 10.1. The van der Waals surface area contributed by atoms with E-state index < -0.39 is 17.5 Å². The largest absolute Gasteiger partial charge is 0.398 e. The summed E-state index contributed by atoms with van der Waals surface area (Å²) in [6, 6.07) is 9.26. The minimum atomic E-state index is -0.721. The fourth-order valence-corrected chi connectivity index (χ4v) is 2.20. The molecule has 0 saturated heterocycles. The van der Waals surface area contributed by atoms with Crippen molar-refractivity contribution < 1.29 is 13.6 Å². The van der Waals surface area contributed by atoms with Crippen molar-refractivity contribution in [1.82, 2.24) is 0 Å². The van der Waals surface area contributed by atoms with Gasteiger partial charge in [-0.1, -0.05) is 17.7 Å². The van der Waals surface area contributed by atoms with Crippen LogP contribution in [0.1, 0.15) is 11.1 Å². The molecule has 3 N–H and O–H groups in total. The van der Waals surface area contributed by atoms with Crippen molar-refractivity contribution in [2.75, 3.05) is 12.4 Å². The second kappa shape index (κ2) is 8.23. The molecule has 0 heterocycles. The van der Waals surface area contributed by atoms with Crippen LogP contribution < -0.4 is 11.1 Å². The number of amides is 1. The van der Waals surface area contributed by atoms with Crippen LogP contribution in [0, 0.1) is 23.0 Å². The molecule has 0 unspecified atom stereocenters. The molecule has 0 bridgehead atoms. The van der Waals surface area contributed by atoms with E-state index in [1.165, 1.54) is 37.4 Å². The fourth-order valence-electron chi connectivity index (χ4n) is 2.02. The van der Waals surface area contributed by atoms with E-state index in [0.29, 0.717) is 5.56 Å². The zero-order valence-electron chi connectivity index (χ0n) is 13.6. The van der Waals surface area contributed by atoms with Gasteiger partial charge in [0.05, 0.1) is 10.6 Å². The third-order valence-electron chi connectivity index (χ3n) is 3.37. The Bertz CT molecular complexity index is 964. The highest BCUT2D eigenvalue weighted by Gasteiger charge is 2.12. The van der Waals surface area contributed by atoms with Gasteiger partial charge in [-0.25, -0.2) is 8.78 Å². The van der Waals surface area contributed by atoms with Crippen LogP contribution in [0.3, 0.4) is 0 Å². The summed E-state index contributed by atoms with van der Waals surface area (Å²) in [5.41, 5.74) is 6.39. The maximum Gasteiger partial charge on any atom is 0.273 e. The van der Waals surface area contributed by atoms with Crippen molar-refractivity contribution in [3.05, 3.63) is 70.3 Å². The molecule has 1 amide bonds. The predicted octanol–water partition coefficient (Wildman–Crippen LogP) is 3.50. The lowest BCUT2D eigenvalue weighted by molar-refractivity contribution is -0.110. The molecule has 0 radical (unpaired) electrons. The van der Waals surface area contributed by atoms with Crippen LogP contribution in [0.25, 0.3) is 5.70 Å². The number of carbonyl (C=O) groups is 1. The van der Waals surface area contributed by atoms with Crippen molar-refractivity contribution in [1.29, 1.82) is 5.26 Å². The number of aliphatic imine (C=N–C) groups is 1. The summed E-state index contributed by atoms with van der Waals surface area (Å²) in [7, 11) is 1.38. The number of nitrogens with one attached hydrogen (secondary N) is 1. The highest BCUT2D eigenvalue weighted by molar-refractivity contribution is 6.48. The quantitative estimate of drug-likeness (QED) is 0.802. The first-order valence-corrected chi connectivity index (χ1v) is 7.64. The van der Waals surface area contributed by atoms with Gasteiger partial charge in [0.25, 0.3) is 5.91 Å². The van der Waals surface area contributed by atoms with Gasteiger partial charge in [-0.2, -0.15) is 5.26 Å². The van der Waals surface area contributed by atoms with Crippen LogP contribution in [0.15, 0.2) is 47.5 Å². The van der Waals surface area contributed by atoms with E-state index in [-0.39, 0.29) is 27.7 Å². The van der Waals surface area contributed by atoms with Gasteiger partial charge in [-0.05, 0) is 36.4 Å². The van der Waals surface area contributed by atoms with E-state index in [1.807, 2.05) is 0 Å². The number of hydrogen-bond donors (Lipinski definition) is 2. The van der Waals surface area contributed by atoms with Gasteiger partial charge < -0.3 is 11.1 Å². The zero-order chi connectivity index (χ0) is 19.3. The summed E-state index contributed by atoms with van der Waals surface area (Å²) in [5.74, 6) is -1.94. The Morgan fingerprint density at radius 2 is 2.00 bits per heavy atom. The Morgan fingerprint density at radius 1 is 1.27 bits per heavy atom. The molecule has 0 aliphatic carbocycles. The van der Waals surface area contributed by atoms with Crippen molar-refractivity contribution in [2.24, 2.45) is 10.7 Å². The summed E-state index contributed by atoms with van der Waals surface area (Å²) in [6.45, 7) is 0. The first-order valence-electron chi connectivity index (χ1n) is 7.26. The van der Waals surface area contributed by atoms with E-state index in [4.69, 9.17) is 22.6 Å². The Morgan fingerprint density at radius 3 is 2.58 bits per heavy atom. The Labute approximate surface area is 153 Å². The lowest BCUT2D eigenvalue weighted by Crippen LogP contribution is -2.22. The molecule has 0 fully saturated rings. The third-order valence-corrected chi connectivity index (χ3v) is 3.66. The summed E-state index contributed by atoms with van der Waals surface area (Å²) in [6.07, 6.45) is 1.27. The molecule has 0 atom stereocenters. The number of nitrogens with two attached hydrogens (primary N) is 1. The molecule has 2 rings (SSSR count). The summed E-state index contributed by atoms with van der Waals surface area (Å²) in [4.78, 5) is 16.1. The monoisotopic (exact) mass is 374 g/mol. The molecule has 2 aromatic carbocycles. The number of nitrogens with zero attached hydrogens (tertiary/aromatic N) is 2. The standard InChI is InChI=1S/C18H13ClF2N4O/c1-24-17(18(26)25-12-4-5-14(20)13(19)7-12)8-16(23)10-2-3-11(9-22)15(21)6-10/h2-8H,23H2,1H3,(H,25,26). The second-order valence-corrected chi connectivity index (χ2v) is 5.51. The third kappa shape index (κ3) is 4.43. The SMILES string of the molecule is CN=C(C=C(N)c1ccc(C#N)c(F)c1)C(=O)Nc1ccc(F)c(Cl)c1. The smallest absolute Gasteiger partial charge is 0.273 e. The molecular weight excluding hydrogens is 362 g/mol. The van der Waals surface area contributed by atoms with Crippen LogP contribution in [0.4, 0.5) is 14.5 Å². The Balaban J connectivity index is 2.23. The van der Waals surface area contributed by atoms with E-state index in [9.17, 15) is 13.6 Å². The van der Waals surface area contributed by atoms with Gasteiger partial charge in [-0.15, -0.1) is 0 Å². The highest BCUT2D eigenvalue weighted by atomic mass is 35.5. The zero-order valence-corrected chi connectivity index (χ0v) is 14.3. The van der Waals surface area contributed by atoms with Crippen LogP contribution >= 0.6 is 11.6 Å². The number of nitriles is 1. The van der Waals surface area contributed by atoms with Crippen molar-refractivity contribution in [3.8, 4) is 6.07 Å². The van der Waals surface area contributed by atoms with Gasteiger partial charge in [0, 0.05) is 24.0 Å². The minimum Gasteiger partial charge on any atom is -0.398 e. The normalized spacial score (nSPS) is 11.8. The van der Waals surface area contributed by atoms with E-state index in [2.05, 4.69) is 10.3 Å². The Kier molecular flexibility index (Phi) is 6.04. The average Bonchev–Trinajstić information content (AvgIpc) is 2.62. The maximum absolute atomic E-state index is 13.7. The lowest BCUT2D eigenvalue weighted by Gasteiger charge is -2.07. The molecule has 8 heteroatoms. The molecule has 2 aromatic rings. The molecular formula is C18H13ClF2N4O. The Hall–Kier alpha value is -3.24. The number of benzene rings is 2. The number of hydrogen-bond acceptors (Lipinski definition) is 4. The van der Waals surface area contributed by atoms with Crippen molar-refractivity contribution in [2.45, 2.75) is 0 Å². The first-order chi connectivity index (χ1) is 12.3. The van der Waals surface area contributed by atoms with E-state index in [0.717, 1.165) is 12.1 Å². The van der Waals surface area contributed by atoms with Crippen LogP contribution in [0.5, 0.6) is 0 Å². The molecule has 26 heavy (non-hydrogen) atoms. The molecule has 0 saturated carbocycles. The van der Waals surface area contributed by atoms with Crippen LogP contribution in [-0.2, 0) is 4.79 Å². The average molecular weight is 375 g/mol. The number of rotatable bonds is 4. The van der Waals surface area contributed by atoms with Crippen LogP contribution in [0.2, 0.25) is 5.02 Å². The van der Waals surface area contributed by atoms with E-state index in [1.54, 1.807) is 6.07 Å². The molecule has 0 aliphatic rings. The maximum atomic E-state index is 13.7. The predicted molar refractivity (Wildman–Crippen MR) is 96.7 cm³/mol. The highest BCUT2D eigenvalue weighted by Crippen LogP contribution is 2.19. The first kappa shape index (κ1) is 19.1. The van der Waals surface area contributed by atoms with Gasteiger partial charge in [0.2, 0.25) is 0 Å². The fraction of sp³-hybridized carbons (Fsp3) is 0.0556. The molecule has 0 spiro atoms. The van der Waals surface area contributed by atoms with Crippen molar-refractivity contribution in [3.63, 3.8) is 0 Å². The van der Waals surface area contributed by atoms with Gasteiger partial charge in [0.15, 0.2) is 0 Å². The van der Waals surface area contributed by atoms with E-state index >= 15 is 0 Å². The molecule has 0 aromatic heterocycles. The summed E-state index contributed by atoms with van der Waals surface area (Å²) < 4.78 is 26.9. The second-order valence-electron chi connectivity index (χ2n) is 5.10. The van der Waals surface area contributed by atoms with Gasteiger partial charge >= 0.3 is 0 Å². The topological polar surface area (TPSA) is 91.3 Å². The number of carbonyl (C=O) groups excluding carboxylic acids is 1. The number of halogens is 3. The minimum absolute atomic E-state index is 0.0345. The van der Waals surface area contributed by atoms with Gasteiger partial charge in [-0.3, -0.25) is 9.79 Å². The van der Waals surface area contributed by atoms with Crippen molar-refractivity contribution >= 4 is 34.6 Å². The summed E-state index contributed by atoms with van der Waals surface area (Å²) >= 11 is 5.67. The molecule has 132 valence electrons. The number of anilines is 1. The summed E-state index contributed by atoms with van der Waals surface area (Å²) in [5, 5.41) is 11.1. The molecule has 0 aliphatic heterocycles. The van der Waals surface area contributed by atoms with Gasteiger partial charge in [0.1, 0.15) is 23.4 Å². The van der Waals surface area contributed by atoms with Crippen LogP contribution in [-0.4, -0.2) is 18.7 Å².